The van der Waals surface area contributed by atoms with Crippen LogP contribution in [0.1, 0.15) is 59.6 Å². The average Bonchev–Trinajstić information content (AvgIpc) is 2.57. The first-order valence-electron chi connectivity index (χ1n) is 9.11. The molecule has 0 aliphatic rings. The first kappa shape index (κ1) is 23.5. The summed E-state index contributed by atoms with van der Waals surface area (Å²) in [5.74, 6) is -0.901. The van der Waals surface area contributed by atoms with Crippen molar-refractivity contribution in [3.8, 4) is 5.75 Å². The van der Waals surface area contributed by atoms with Crippen molar-refractivity contribution in [2.45, 2.75) is 65.4 Å². The molecule has 1 rings (SSSR count). The van der Waals surface area contributed by atoms with Crippen molar-refractivity contribution in [3.05, 3.63) is 29.3 Å². The van der Waals surface area contributed by atoms with Crippen molar-refractivity contribution in [1.82, 2.24) is 5.32 Å². The maximum atomic E-state index is 12.0. The Kier molecular flexibility index (Phi) is 7.61. The zero-order chi connectivity index (χ0) is 21.7. The molecule has 0 aromatic heterocycles. The number of benzene rings is 1. The standard InChI is InChI=1S/C21H31NO6/c1-13(18(24)22-19(25)26-8)28-17(23)12-27-16-10-9-14(20(2,3)4)11-15(16)21(5,6)7/h9-11,13H,12H2,1-8H3,(H,22,24,25)/t13-/m1/s1. The molecule has 1 atom stereocenters. The van der Waals surface area contributed by atoms with Gasteiger partial charge in [-0.05, 0) is 34.9 Å². The van der Waals surface area contributed by atoms with Gasteiger partial charge in [-0.15, -0.1) is 0 Å². The molecule has 156 valence electrons. The molecule has 0 radical (unpaired) electrons. The number of amides is 2. The van der Waals surface area contributed by atoms with E-state index in [4.69, 9.17) is 9.47 Å². The van der Waals surface area contributed by atoms with Crippen molar-refractivity contribution in [1.29, 1.82) is 0 Å². The Bertz CT molecular complexity index is 727. The van der Waals surface area contributed by atoms with Gasteiger partial charge in [0.05, 0.1) is 7.11 Å². The van der Waals surface area contributed by atoms with E-state index in [1.807, 2.05) is 17.4 Å². The molecule has 0 fully saturated rings. The topological polar surface area (TPSA) is 90.9 Å². The van der Waals surface area contributed by atoms with Crippen molar-refractivity contribution >= 4 is 18.0 Å². The van der Waals surface area contributed by atoms with Gasteiger partial charge in [-0.3, -0.25) is 10.1 Å². The molecule has 0 saturated heterocycles. The monoisotopic (exact) mass is 393 g/mol. The smallest absolute Gasteiger partial charge is 0.413 e. The number of imide groups is 1. The van der Waals surface area contributed by atoms with E-state index < -0.39 is 24.1 Å². The molecule has 0 bridgehead atoms. The summed E-state index contributed by atoms with van der Waals surface area (Å²) in [6, 6.07) is 5.91. The SMILES string of the molecule is COC(=O)NC(=O)[C@@H](C)OC(=O)COc1ccc(C(C)(C)C)cc1C(C)(C)C. The molecule has 0 aliphatic heterocycles. The maximum Gasteiger partial charge on any atom is 0.413 e. The summed E-state index contributed by atoms with van der Waals surface area (Å²) in [5, 5.41) is 1.94. The van der Waals surface area contributed by atoms with Crippen molar-refractivity contribution < 1.29 is 28.6 Å². The number of hydrogen-bond donors (Lipinski definition) is 1. The molecule has 1 N–H and O–H groups in total. The lowest BCUT2D eigenvalue weighted by atomic mass is 9.80. The first-order chi connectivity index (χ1) is 12.8. The molecule has 0 saturated carbocycles. The van der Waals surface area contributed by atoms with E-state index in [2.05, 4.69) is 52.3 Å². The highest BCUT2D eigenvalue weighted by molar-refractivity contribution is 5.95. The minimum absolute atomic E-state index is 0.0140. The number of carbonyl (C=O) groups is 3. The Hall–Kier alpha value is -2.57. The molecule has 2 amide bonds. The Balaban J connectivity index is 2.82. The van der Waals surface area contributed by atoms with E-state index in [9.17, 15) is 14.4 Å². The zero-order valence-corrected chi connectivity index (χ0v) is 18.0. The summed E-state index contributed by atoms with van der Waals surface area (Å²) < 4.78 is 15.0. The van der Waals surface area contributed by atoms with Crippen LogP contribution in [-0.2, 0) is 29.9 Å². The van der Waals surface area contributed by atoms with Gasteiger partial charge in [-0.2, -0.15) is 0 Å². The lowest BCUT2D eigenvalue weighted by Crippen LogP contribution is -2.40. The van der Waals surface area contributed by atoms with Gasteiger partial charge in [0.2, 0.25) is 0 Å². The molecular formula is C21H31NO6. The summed E-state index contributed by atoms with van der Waals surface area (Å²) in [4.78, 5) is 34.8. The number of carbonyl (C=O) groups excluding carboxylic acids is 3. The second-order valence-corrected chi connectivity index (χ2v) is 8.61. The number of alkyl carbamates (subject to hydrolysis) is 1. The number of nitrogens with one attached hydrogen (secondary N) is 1. The van der Waals surface area contributed by atoms with Gasteiger partial charge in [-0.25, -0.2) is 9.59 Å². The van der Waals surface area contributed by atoms with E-state index in [0.29, 0.717) is 5.75 Å². The first-order valence-corrected chi connectivity index (χ1v) is 9.11. The zero-order valence-electron chi connectivity index (χ0n) is 18.0. The average molecular weight is 393 g/mol. The molecule has 1 aromatic carbocycles. The summed E-state index contributed by atoms with van der Waals surface area (Å²) in [5.41, 5.74) is 1.94. The summed E-state index contributed by atoms with van der Waals surface area (Å²) >= 11 is 0. The lowest BCUT2D eigenvalue weighted by Gasteiger charge is -2.27. The van der Waals surface area contributed by atoms with Gasteiger partial charge in [0, 0.05) is 0 Å². The number of methoxy groups -OCH3 is 1. The molecule has 0 aliphatic carbocycles. The quantitative estimate of drug-likeness (QED) is 0.770. The predicted molar refractivity (Wildman–Crippen MR) is 105 cm³/mol. The summed E-state index contributed by atoms with van der Waals surface area (Å²) in [6.45, 7) is 13.6. The highest BCUT2D eigenvalue weighted by atomic mass is 16.6. The van der Waals surface area contributed by atoms with Gasteiger partial charge >= 0.3 is 12.1 Å². The minimum atomic E-state index is -1.15. The molecule has 0 unspecified atom stereocenters. The third-order valence-corrected chi connectivity index (χ3v) is 4.09. The second-order valence-electron chi connectivity index (χ2n) is 8.61. The van der Waals surface area contributed by atoms with Crippen LogP contribution in [0.2, 0.25) is 0 Å². The summed E-state index contributed by atoms with van der Waals surface area (Å²) in [7, 11) is 1.13. The fourth-order valence-electron chi connectivity index (χ4n) is 2.38. The van der Waals surface area contributed by atoms with Crippen LogP contribution >= 0.6 is 0 Å². The van der Waals surface area contributed by atoms with E-state index in [1.54, 1.807) is 0 Å². The molecule has 1 aromatic rings. The number of hydrogen-bond acceptors (Lipinski definition) is 6. The molecule has 0 heterocycles. The van der Waals surface area contributed by atoms with Crippen molar-refractivity contribution in [2.24, 2.45) is 0 Å². The second kappa shape index (κ2) is 9.08. The van der Waals surface area contributed by atoms with Gasteiger partial charge in [0.25, 0.3) is 5.91 Å². The van der Waals surface area contributed by atoms with Gasteiger partial charge in [0.1, 0.15) is 5.75 Å². The highest BCUT2D eigenvalue weighted by Gasteiger charge is 2.24. The number of esters is 1. The van der Waals surface area contributed by atoms with Crippen LogP contribution in [0.15, 0.2) is 18.2 Å². The number of rotatable bonds is 5. The predicted octanol–water partition coefficient (Wildman–Crippen LogP) is 3.47. The largest absolute Gasteiger partial charge is 0.482 e. The Labute approximate surface area is 166 Å². The molecule has 28 heavy (non-hydrogen) atoms. The maximum absolute atomic E-state index is 12.0. The van der Waals surface area contributed by atoms with Gasteiger partial charge in [0.15, 0.2) is 12.7 Å². The van der Waals surface area contributed by atoms with E-state index in [0.717, 1.165) is 12.7 Å². The fraction of sp³-hybridized carbons (Fsp3) is 0.571. The highest BCUT2D eigenvalue weighted by Crippen LogP contribution is 2.35. The van der Waals surface area contributed by atoms with Gasteiger partial charge in [-0.1, -0.05) is 53.7 Å². The van der Waals surface area contributed by atoms with Crippen LogP contribution in [0.25, 0.3) is 0 Å². The van der Waals surface area contributed by atoms with E-state index in [1.165, 1.54) is 12.5 Å². The van der Waals surface area contributed by atoms with Crippen molar-refractivity contribution in [2.75, 3.05) is 13.7 Å². The third kappa shape index (κ3) is 6.87. The molecule has 7 nitrogen and oxygen atoms in total. The van der Waals surface area contributed by atoms with Crippen LogP contribution in [-0.4, -0.2) is 37.8 Å². The Morgan fingerprint density at radius 2 is 1.64 bits per heavy atom. The van der Waals surface area contributed by atoms with Crippen LogP contribution in [0.4, 0.5) is 4.79 Å². The van der Waals surface area contributed by atoms with Crippen LogP contribution in [0, 0.1) is 0 Å². The molecular weight excluding hydrogens is 362 g/mol. The molecule has 0 spiro atoms. The third-order valence-electron chi connectivity index (χ3n) is 4.09. The van der Waals surface area contributed by atoms with Gasteiger partial charge < -0.3 is 14.2 Å². The minimum Gasteiger partial charge on any atom is -0.482 e. The van der Waals surface area contributed by atoms with Crippen LogP contribution in [0.3, 0.4) is 0 Å². The van der Waals surface area contributed by atoms with Crippen LogP contribution < -0.4 is 10.1 Å². The fourth-order valence-corrected chi connectivity index (χ4v) is 2.38. The van der Waals surface area contributed by atoms with E-state index >= 15 is 0 Å². The molecule has 7 heteroatoms. The van der Waals surface area contributed by atoms with Crippen LogP contribution in [0.5, 0.6) is 5.75 Å². The Morgan fingerprint density at radius 3 is 2.14 bits per heavy atom. The Morgan fingerprint density at radius 1 is 1.04 bits per heavy atom. The summed E-state index contributed by atoms with van der Waals surface area (Å²) in [6.07, 6.45) is -2.07. The number of ether oxygens (including phenoxy) is 3. The van der Waals surface area contributed by atoms with E-state index in [-0.39, 0.29) is 17.4 Å². The lowest BCUT2D eigenvalue weighted by molar-refractivity contribution is -0.156. The normalized spacial score (nSPS) is 12.7. The van der Waals surface area contributed by atoms with Crippen molar-refractivity contribution in [3.63, 3.8) is 0 Å².